The van der Waals surface area contributed by atoms with E-state index in [9.17, 15) is 4.79 Å². The molecule has 2 aliphatic rings. The summed E-state index contributed by atoms with van der Waals surface area (Å²) in [5.74, 6) is 2.51. The number of hydrogen-bond donors (Lipinski definition) is 1. The van der Waals surface area contributed by atoms with Crippen LogP contribution in [0.25, 0.3) is 28.1 Å². The second-order valence-electron chi connectivity index (χ2n) is 15.2. The van der Waals surface area contributed by atoms with E-state index in [1.807, 2.05) is 85.4 Å². The van der Waals surface area contributed by atoms with Crippen molar-refractivity contribution in [2.45, 2.75) is 104 Å². The van der Waals surface area contributed by atoms with E-state index in [-0.39, 0.29) is 25.9 Å². The van der Waals surface area contributed by atoms with Gasteiger partial charge in [-0.3, -0.25) is 9.58 Å². The highest BCUT2D eigenvalue weighted by molar-refractivity contribution is 14.1. The number of rotatable bonds is 10. The van der Waals surface area contributed by atoms with Crippen LogP contribution in [0.2, 0.25) is 0 Å². The summed E-state index contributed by atoms with van der Waals surface area (Å²) in [5, 5.41) is 17.8. The number of ether oxygens (including phenoxy) is 3. The van der Waals surface area contributed by atoms with Crippen LogP contribution in [0.1, 0.15) is 91.0 Å². The van der Waals surface area contributed by atoms with Crippen LogP contribution in [0.3, 0.4) is 0 Å². The molecule has 1 unspecified atom stereocenters. The van der Waals surface area contributed by atoms with Gasteiger partial charge in [0.05, 0.1) is 56.7 Å². The third-order valence-electron chi connectivity index (χ3n) is 9.66. The highest BCUT2D eigenvalue weighted by Gasteiger charge is 2.50. The lowest BCUT2D eigenvalue weighted by Gasteiger charge is -2.32. The Hall–Kier alpha value is -3.41. The molecule has 0 aliphatic carbocycles. The molecule has 0 saturated carbocycles. The van der Waals surface area contributed by atoms with Gasteiger partial charge in [-0.25, -0.2) is 14.6 Å². The third kappa shape index (κ3) is 8.16. The van der Waals surface area contributed by atoms with E-state index in [0.29, 0.717) is 12.5 Å². The number of aryl methyl sites for hydroxylation is 2. The first-order valence-electron chi connectivity index (χ1n) is 17.5. The number of aromatic amines is 1. The van der Waals surface area contributed by atoms with E-state index in [1.54, 1.807) is 9.58 Å². The van der Waals surface area contributed by atoms with E-state index in [2.05, 4.69) is 56.1 Å². The van der Waals surface area contributed by atoms with E-state index >= 15 is 0 Å². The maximum atomic E-state index is 13.5. The summed E-state index contributed by atoms with van der Waals surface area (Å²) < 4.78 is 35.2. The minimum Gasteiger partial charge on any atom is -0.475 e. The van der Waals surface area contributed by atoms with Gasteiger partial charge in [0.2, 0.25) is 5.88 Å². The molecule has 3 aromatic heterocycles. The van der Waals surface area contributed by atoms with Gasteiger partial charge in [-0.1, -0.05) is 12.0 Å². The van der Waals surface area contributed by atoms with Crippen LogP contribution in [0.5, 0.6) is 5.88 Å². The van der Waals surface area contributed by atoms with Crippen molar-refractivity contribution < 1.29 is 28.3 Å². The van der Waals surface area contributed by atoms with Gasteiger partial charge in [-0.15, -0.1) is 0 Å². The summed E-state index contributed by atoms with van der Waals surface area (Å²) in [7, 11) is 1.38. The number of fused-ring (bicyclic) bond motifs is 1. The van der Waals surface area contributed by atoms with Crippen LogP contribution in [0.15, 0.2) is 30.4 Å². The molecular formula is C36H49BIN7O6. The van der Waals surface area contributed by atoms with Crippen molar-refractivity contribution in [1.82, 2.24) is 34.7 Å². The van der Waals surface area contributed by atoms with Gasteiger partial charge < -0.3 is 23.5 Å². The highest BCUT2D eigenvalue weighted by Crippen LogP contribution is 2.38. The molecule has 0 radical (unpaired) electrons. The van der Waals surface area contributed by atoms with E-state index in [4.69, 9.17) is 28.6 Å². The largest absolute Gasteiger partial charge is 0.487 e. The quantitative estimate of drug-likeness (QED) is 0.130. The second kappa shape index (κ2) is 14.5. The standard InChI is InChI=1S/C36H49BIN7O6/c1-23-31(38)32(41-40-23)48-19-17-44(33(46)49-34(2,3)4)22-29-26(21-39-43(29)9)24-13-14-28-25(20-24)27(42-45(28)30-12-10-11-18-47-30)15-16-37-50-35(5,6)36(7,8)51-37/h13-16,20-21,30H,10-12,17-19,22H2,1-9H3,(H,40,41)/b16-15+. The third-order valence-corrected chi connectivity index (χ3v) is 10.9. The molecule has 0 spiro atoms. The topological polar surface area (TPSA) is 131 Å². The predicted octanol–water partition coefficient (Wildman–Crippen LogP) is 7.23. The van der Waals surface area contributed by atoms with Crippen molar-refractivity contribution in [3.63, 3.8) is 0 Å². The fraction of sp³-hybridized carbons (Fsp3) is 0.556. The fourth-order valence-corrected chi connectivity index (χ4v) is 6.51. The van der Waals surface area contributed by atoms with Gasteiger partial charge in [-0.05, 0) is 121 Å². The minimum absolute atomic E-state index is 0.140. The lowest BCUT2D eigenvalue weighted by Crippen LogP contribution is -2.41. The average Bonchev–Trinajstić information content (AvgIpc) is 3.77. The summed E-state index contributed by atoms with van der Waals surface area (Å²) in [4.78, 5) is 15.2. The molecule has 4 aromatic rings. The van der Waals surface area contributed by atoms with E-state index < -0.39 is 30.0 Å². The molecule has 1 N–H and O–H groups in total. The number of hydrogen-bond acceptors (Lipinski definition) is 9. The number of carbonyl (C=O) groups is 1. The number of carbonyl (C=O) groups excluding carboxylic acids is 1. The molecule has 1 amide bonds. The molecule has 2 fully saturated rings. The molecule has 2 aliphatic heterocycles. The van der Waals surface area contributed by atoms with Crippen molar-refractivity contribution in [3.8, 4) is 17.0 Å². The smallest absolute Gasteiger partial charge is 0.475 e. The summed E-state index contributed by atoms with van der Waals surface area (Å²) >= 11 is 2.20. The van der Waals surface area contributed by atoms with Crippen molar-refractivity contribution >= 4 is 52.8 Å². The first-order chi connectivity index (χ1) is 24.0. The zero-order valence-electron chi connectivity index (χ0n) is 31.1. The van der Waals surface area contributed by atoms with E-state index in [1.165, 1.54) is 0 Å². The van der Waals surface area contributed by atoms with Gasteiger partial charge in [0.25, 0.3) is 0 Å². The van der Waals surface area contributed by atoms with Crippen LogP contribution in [-0.2, 0) is 32.4 Å². The molecule has 51 heavy (non-hydrogen) atoms. The molecule has 0 bridgehead atoms. The monoisotopic (exact) mass is 813 g/mol. The molecule has 6 rings (SSSR count). The number of amides is 1. The number of benzene rings is 1. The zero-order chi connectivity index (χ0) is 36.7. The molecule has 5 heterocycles. The molecule has 13 nitrogen and oxygen atoms in total. The number of aromatic nitrogens is 6. The van der Waals surface area contributed by atoms with Gasteiger partial charge in [0, 0.05) is 24.6 Å². The van der Waals surface area contributed by atoms with Gasteiger partial charge in [0.1, 0.15) is 12.2 Å². The van der Waals surface area contributed by atoms with Crippen molar-refractivity contribution in [3.05, 3.63) is 51.0 Å². The van der Waals surface area contributed by atoms with Crippen LogP contribution in [-0.4, -0.2) is 84.4 Å². The lowest BCUT2D eigenvalue weighted by molar-refractivity contribution is -0.0367. The van der Waals surface area contributed by atoms with Crippen LogP contribution < -0.4 is 4.74 Å². The number of nitrogens with one attached hydrogen (secondary N) is 1. The Kier molecular flexibility index (Phi) is 10.7. The molecule has 274 valence electrons. The van der Waals surface area contributed by atoms with Gasteiger partial charge in [-0.2, -0.15) is 15.3 Å². The fourth-order valence-electron chi connectivity index (χ4n) is 6.11. The Morgan fingerprint density at radius 2 is 1.94 bits per heavy atom. The first kappa shape index (κ1) is 37.4. The minimum atomic E-state index is -0.668. The molecule has 15 heteroatoms. The van der Waals surface area contributed by atoms with Crippen molar-refractivity contribution in [2.75, 3.05) is 19.8 Å². The second-order valence-corrected chi connectivity index (χ2v) is 16.3. The Morgan fingerprint density at radius 3 is 2.59 bits per heavy atom. The normalized spacial score (nSPS) is 18.9. The summed E-state index contributed by atoms with van der Waals surface area (Å²) in [6.45, 7) is 17.2. The Morgan fingerprint density at radius 1 is 1.20 bits per heavy atom. The van der Waals surface area contributed by atoms with Crippen molar-refractivity contribution in [1.29, 1.82) is 0 Å². The van der Waals surface area contributed by atoms with Gasteiger partial charge in [0.15, 0.2) is 6.23 Å². The number of halogens is 1. The Balaban J connectivity index is 1.32. The lowest BCUT2D eigenvalue weighted by atomic mass is 9.89. The summed E-state index contributed by atoms with van der Waals surface area (Å²) in [6.07, 6.45) is 6.27. The first-order valence-corrected chi connectivity index (χ1v) is 18.6. The predicted molar refractivity (Wildman–Crippen MR) is 204 cm³/mol. The Bertz CT molecular complexity index is 1890. The van der Waals surface area contributed by atoms with E-state index in [0.717, 1.165) is 61.9 Å². The molecular weight excluding hydrogens is 764 g/mol. The maximum absolute atomic E-state index is 13.5. The average molecular weight is 814 g/mol. The molecule has 1 aromatic carbocycles. The van der Waals surface area contributed by atoms with Crippen molar-refractivity contribution in [2.24, 2.45) is 7.05 Å². The van der Waals surface area contributed by atoms with Crippen LogP contribution in [0.4, 0.5) is 4.79 Å². The number of nitrogens with zero attached hydrogens (tertiary/aromatic N) is 6. The summed E-state index contributed by atoms with van der Waals surface area (Å²) in [5.41, 5.74) is 3.76. The molecule has 1 atom stereocenters. The number of H-pyrrole nitrogens is 1. The summed E-state index contributed by atoms with van der Waals surface area (Å²) in [6, 6.07) is 6.30. The van der Waals surface area contributed by atoms with Crippen LogP contribution in [0, 0.1) is 10.5 Å². The van der Waals surface area contributed by atoms with Crippen LogP contribution >= 0.6 is 22.6 Å². The maximum Gasteiger partial charge on any atom is 0.487 e. The van der Waals surface area contributed by atoms with Gasteiger partial charge >= 0.3 is 13.2 Å². The molecule has 2 saturated heterocycles. The SMILES string of the molecule is Cc1n[nH]c(OCCN(Cc2c(-c3ccc4c(c3)c(/C=C/B3OC(C)(C)C(C)(C)O3)nn4C3CCCCO3)cnn2C)C(=O)OC(C)(C)C)c1I. The Labute approximate surface area is 313 Å². The highest BCUT2D eigenvalue weighted by atomic mass is 127. The zero-order valence-corrected chi connectivity index (χ0v) is 33.2.